The molecule has 2 amide bonds. The van der Waals surface area contributed by atoms with E-state index in [2.05, 4.69) is 0 Å². The molecule has 0 fully saturated rings. The Labute approximate surface area is 368 Å². The highest BCUT2D eigenvalue weighted by atomic mass is 16.7. The van der Waals surface area contributed by atoms with Crippen LogP contribution in [0.5, 0.6) is 23.0 Å². The fraction of sp³-hybridized carbons (Fsp3) is 0.600. The minimum atomic E-state index is -0.971. The number of unbranched alkanes of at least 4 members (excludes halogenated alkanes) is 1. The molecule has 2 aliphatic heterocycles. The maximum atomic E-state index is 12.7. The summed E-state index contributed by atoms with van der Waals surface area (Å²) in [4.78, 5) is 76.7. The fourth-order valence-corrected chi connectivity index (χ4v) is 6.39. The Kier molecular flexibility index (Phi) is 18.1. The minimum Gasteiger partial charge on any atom is -0.460 e. The summed E-state index contributed by atoms with van der Waals surface area (Å²) in [5.74, 6) is 0.343. The van der Waals surface area contributed by atoms with E-state index in [1.165, 1.54) is 9.80 Å². The van der Waals surface area contributed by atoms with Gasteiger partial charge in [0.05, 0.1) is 6.42 Å². The van der Waals surface area contributed by atoms with Crippen molar-refractivity contribution >= 4 is 36.1 Å². The van der Waals surface area contributed by atoms with E-state index >= 15 is 0 Å². The molecule has 18 heteroatoms. The molecule has 2 aliphatic rings. The molecule has 3 atom stereocenters. The van der Waals surface area contributed by atoms with Crippen LogP contribution in [0.4, 0.5) is 9.59 Å². The van der Waals surface area contributed by atoms with E-state index in [9.17, 15) is 28.8 Å². The standard InChI is InChI=1S/C45H62N2O16/c1-29(21-31-17-19-33-35(23-31)55-26-54-33)46(8)42(52)59-28-57-38(49)15-12-16-40(51)63-45(6,7)25-41-60-34-20-18-32(24-36(34)61-41)22-30(2)47(9)43(53)58-27-56-37(48)13-10-11-14-39(50)62-44(3,4)5/h17-20,23-24,29-30,41H,10-16,21-22,25-28H2,1-9H3. The van der Waals surface area contributed by atoms with Crippen molar-refractivity contribution in [1.29, 1.82) is 0 Å². The first-order valence-electron chi connectivity index (χ1n) is 21.1. The SMILES string of the molecule is CC(Cc1ccc2c(c1)OC(CC(C)(C)OC(=O)CCCC(=O)OCOC(=O)N(C)C(C)Cc1ccc3c(c1)OCO3)O2)N(C)C(=O)OCOC(=O)CCCCC(=O)OC(C)(C)C. The number of benzene rings is 2. The first-order chi connectivity index (χ1) is 29.7. The van der Waals surface area contributed by atoms with E-state index < -0.39 is 61.2 Å². The van der Waals surface area contributed by atoms with E-state index in [1.54, 1.807) is 54.8 Å². The van der Waals surface area contributed by atoms with Crippen LogP contribution in [0.3, 0.4) is 0 Å². The van der Waals surface area contributed by atoms with Crippen LogP contribution in [-0.2, 0) is 60.4 Å². The number of hydrogen-bond acceptors (Lipinski definition) is 16. The van der Waals surface area contributed by atoms with Crippen LogP contribution in [0.2, 0.25) is 0 Å². The maximum Gasteiger partial charge on any atom is 0.412 e. The van der Waals surface area contributed by atoms with Crippen molar-refractivity contribution in [3.63, 3.8) is 0 Å². The monoisotopic (exact) mass is 886 g/mol. The molecule has 0 aromatic heterocycles. The largest absolute Gasteiger partial charge is 0.460 e. The summed E-state index contributed by atoms with van der Waals surface area (Å²) in [6.07, 6.45) is 0.369. The number of nitrogens with zero attached hydrogens (tertiary/aromatic N) is 2. The molecular formula is C45H62N2O16. The molecule has 0 spiro atoms. The molecule has 0 bridgehead atoms. The summed E-state index contributed by atoms with van der Waals surface area (Å²) in [6.45, 7) is 11.6. The van der Waals surface area contributed by atoms with Crippen LogP contribution in [0, 0.1) is 0 Å². The molecule has 0 aliphatic carbocycles. The summed E-state index contributed by atoms with van der Waals surface area (Å²) < 4.78 is 54.0. The van der Waals surface area contributed by atoms with Gasteiger partial charge in [0.2, 0.25) is 26.7 Å². The van der Waals surface area contributed by atoms with Crippen molar-refractivity contribution in [3.8, 4) is 23.0 Å². The number of carbonyl (C=O) groups is 6. The Hall–Kier alpha value is -5.94. The van der Waals surface area contributed by atoms with E-state index in [0.29, 0.717) is 48.7 Å². The third kappa shape index (κ3) is 17.0. The molecule has 348 valence electrons. The number of esters is 4. The van der Waals surface area contributed by atoms with Gasteiger partial charge in [0.1, 0.15) is 11.2 Å². The van der Waals surface area contributed by atoms with Crippen molar-refractivity contribution in [1.82, 2.24) is 9.80 Å². The van der Waals surface area contributed by atoms with Gasteiger partial charge in [-0.2, -0.15) is 0 Å². The second kappa shape index (κ2) is 22.9. The van der Waals surface area contributed by atoms with Gasteiger partial charge < -0.3 is 57.2 Å². The van der Waals surface area contributed by atoms with Crippen LogP contribution in [0.1, 0.15) is 111 Å². The van der Waals surface area contributed by atoms with Gasteiger partial charge in [-0.25, -0.2) is 9.59 Å². The minimum absolute atomic E-state index is 0.0432. The van der Waals surface area contributed by atoms with Gasteiger partial charge in [0.15, 0.2) is 23.0 Å². The fourth-order valence-electron chi connectivity index (χ4n) is 6.39. The van der Waals surface area contributed by atoms with E-state index in [1.807, 2.05) is 44.2 Å². The predicted octanol–water partition coefficient (Wildman–Crippen LogP) is 7.00. The third-order valence-corrected chi connectivity index (χ3v) is 9.97. The lowest BCUT2D eigenvalue weighted by atomic mass is 10.0. The molecule has 18 nitrogen and oxygen atoms in total. The van der Waals surface area contributed by atoms with Gasteiger partial charge in [-0.1, -0.05) is 12.1 Å². The van der Waals surface area contributed by atoms with Crippen LogP contribution in [-0.4, -0.2) is 110 Å². The van der Waals surface area contributed by atoms with Crippen molar-refractivity contribution in [2.45, 2.75) is 142 Å². The highest BCUT2D eigenvalue weighted by Gasteiger charge is 2.34. The van der Waals surface area contributed by atoms with Crippen molar-refractivity contribution in [2.24, 2.45) is 0 Å². The molecular weight excluding hydrogens is 824 g/mol. The second-order valence-corrected chi connectivity index (χ2v) is 17.1. The van der Waals surface area contributed by atoms with Gasteiger partial charge in [0, 0.05) is 51.9 Å². The number of rotatable bonds is 22. The molecule has 0 radical (unpaired) electrons. The van der Waals surface area contributed by atoms with Gasteiger partial charge in [-0.05, 0) is 116 Å². The Balaban J connectivity index is 1.07. The number of fused-ring (bicyclic) bond motifs is 2. The normalized spacial score (nSPS) is 14.8. The van der Waals surface area contributed by atoms with Crippen LogP contribution in [0.15, 0.2) is 36.4 Å². The number of hydrogen-bond donors (Lipinski definition) is 0. The zero-order chi connectivity index (χ0) is 46.3. The molecule has 0 saturated heterocycles. The Morgan fingerprint density at radius 1 is 0.603 bits per heavy atom. The number of likely N-dealkylation sites (N-methyl/N-ethyl adjacent to an activating group) is 2. The third-order valence-electron chi connectivity index (χ3n) is 9.97. The average molecular weight is 887 g/mol. The van der Waals surface area contributed by atoms with Gasteiger partial charge in [-0.15, -0.1) is 0 Å². The summed E-state index contributed by atoms with van der Waals surface area (Å²) in [7, 11) is 3.17. The van der Waals surface area contributed by atoms with Gasteiger partial charge >= 0.3 is 36.1 Å². The molecule has 4 rings (SSSR count). The van der Waals surface area contributed by atoms with Crippen LogP contribution >= 0.6 is 0 Å². The summed E-state index contributed by atoms with van der Waals surface area (Å²) in [5.41, 5.74) is 0.285. The molecule has 2 heterocycles. The molecule has 2 aromatic carbocycles. The summed E-state index contributed by atoms with van der Waals surface area (Å²) >= 11 is 0. The Bertz CT molecular complexity index is 1910. The number of amides is 2. The number of carbonyl (C=O) groups excluding carboxylic acids is 6. The average Bonchev–Trinajstić information content (AvgIpc) is 3.83. The van der Waals surface area contributed by atoms with Crippen molar-refractivity contribution in [3.05, 3.63) is 47.5 Å². The molecule has 3 unspecified atom stereocenters. The Morgan fingerprint density at radius 2 is 1.06 bits per heavy atom. The van der Waals surface area contributed by atoms with Crippen molar-refractivity contribution < 1.29 is 76.1 Å². The molecule has 0 N–H and O–H groups in total. The second-order valence-electron chi connectivity index (χ2n) is 17.1. The van der Waals surface area contributed by atoms with E-state index in [4.69, 9.17) is 47.4 Å². The quantitative estimate of drug-likeness (QED) is 0.0506. The van der Waals surface area contributed by atoms with E-state index in [-0.39, 0.29) is 63.4 Å². The lowest BCUT2D eigenvalue weighted by Gasteiger charge is -2.27. The maximum absolute atomic E-state index is 12.7. The van der Waals surface area contributed by atoms with Gasteiger partial charge in [-0.3, -0.25) is 19.2 Å². The lowest BCUT2D eigenvalue weighted by Crippen LogP contribution is -2.37. The van der Waals surface area contributed by atoms with Gasteiger partial charge in [0.25, 0.3) is 0 Å². The van der Waals surface area contributed by atoms with E-state index in [0.717, 1.165) is 11.1 Å². The first kappa shape index (κ1) is 49.7. The van der Waals surface area contributed by atoms with Crippen LogP contribution < -0.4 is 18.9 Å². The van der Waals surface area contributed by atoms with Crippen molar-refractivity contribution in [2.75, 3.05) is 34.5 Å². The first-order valence-corrected chi connectivity index (χ1v) is 21.1. The predicted molar refractivity (Wildman–Crippen MR) is 224 cm³/mol. The molecule has 0 saturated carbocycles. The molecule has 63 heavy (non-hydrogen) atoms. The highest BCUT2D eigenvalue weighted by molar-refractivity contribution is 5.73. The lowest BCUT2D eigenvalue weighted by molar-refractivity contribution is -0.161. The van der Waals surface area contributed by atoms with Crippen LogP contribution in [0.25, 0.3) is 0 Å². The summed E-state index contributed by atoms with van der Waals surface area (Å²) in [6, 6.07) is 10.5. The highest BCUT2D eigenvalue weighted by Crippen LogP contribution is 2.38. The molecule has 2 aromatic rings. The zero-order valence-electron chi connectivity index (χ0n) is 37.8. The topological polar surface area (TPSA) is 201 Å². The zero-order valence-corrected chi connectivity index (χ0v) is 37.8. The summed E-state index contributed by atoms with van der Waals surface area (Å²) in [5, 5.41) is 0. The smallest absolute Gasteiger partial charge is 0.412 e. The Morgan fingerprint density at radius 3 is 1.63 bits per heavy atom. The number of ether oxygens (including phenoxy) is 10.